The van der Waals surface area contributed by atoms with Gasteiger partial charge < -0.3 is 10.4 Å². The molecule has 2 aromatic heterocycles. The van der Waals surface area contributed by atoms with Crippen LogP contribution in [0.25, 0.3) is 0 Å². The summed E-state index contributed by atoms with van der Waals surface area (Å²) in [5.74, 6) is 1.07. The summed E-state index contributed by atoms with van der Waals surface area (Å²) in [4.78, 5) is 22.8. The number of carbonyl (C=O) groups is 1. The molecular formula is C23H31N5O2. The lowest BCUT2D eigenvalue weighted by Crippen LogP contribution is -2.15. The first-order valence-electron chi connectivity index (χ1n) is 10.7. The van der Waals surface area contributed by atoms with Crippen molar-refractivity contribution in [3.63, 3.8) is 0 Å². The second-order valence-corrected chi connectivity index (χ2v) is 7.44. The lowest BCUT2D eigenvalue weighted by Gasteiger charge is -2.18. The van der Waals surface area contributed by atoms with Crippen molar-refractivity contribution in [2.45, 2.75) is 71.1 Å². The van der Waals surface area contributed by atoms with Gasteiger partial charge in [0.1, 0.15) is 17.7 Å². The van der Waals surface area contributed by atoms with E-state index < -0.39 is 5.97 Å². The average Bonchev–Trinajstić information content (AvgIpc) is 2.75. The number of nitrogens with zero attached hydrogens (tertiary/aromatic N) is 4. The van der Waals surface area contributed by atoms with E-state index in [1.165, 1.54) is 0 Å². The fourth-order valence-electron chi connectivity index (χ4n) is 3.36. The Labute approximate surface area is 178 Å². The third kappa shape index (κ3) is 8.56. The van der Waals surface area contributed by atoms with E-state index in [2.05, 4.69) is 26.3 Å². The van der Waals surface area contributed by atoms with Gasteiger partial charge in [0.05, 0.1) is 11.3 Å². The van der Waals surface area contributed by atoms with Crippen LogP contribution in [0.3, 0.4) is 0 Å². The van der Waals surface area contributed by atoms with Crippen LogP contribution in [0.15, 0.2) is 24.5 Å². The summed E-state index contributed by atoms with van der Waals surface area (Å²) in [5.41, 5.74) is 2.79. The molecule has 7 nitrogen and oxygen atoms in total. The first kappa shape index (κ1) is 23.3. The molecule has 7 heteroatoms. The molecule has 160 valence electrons. The highest BCUT2D eigenvalue weighted by atomic mass is 16.4. The number of fused-ring (bicyclic) bond motifs is 1. The van der Waals surface area contributed by atoms with Crippen LogP contribution in [0.5, 0.6) is 0 Å². The summed E-state index contributed by atoms with van der Waals surface area (Å²) >= 11 is 0. The van der Waals surface area contributed by atoms with Crippen LogP contribution in [0.2, 0.25) is 0 Å². The number of nitrogens with one attached hydrogen (secondary N) is 1. The highest BCUT2D eigenvalue weighted by molar-refractivity contribution is 5.66. The number of hydrogen-bond acceptors (Lipinski definition) is 6. The normalized spacial score (nSPS) is 12.0. The number of aliphatic carboxylic acids is 1. The van der Waals surface area contributed by atoms with E-state index in [4.69, 9.17) is 5.11 Å². The second kappa shape index (κ2) is 13.3. The van der Waals surface area contributed by atoms with Gasteiger partial charge in [-0.1, -0.05) is 25.7 Å². The van der Waals surface area contributed by atoms with Gasteiger partial charge in [0.25, 0.3) is 0 Å². The molecule has 1 aliphatic rings. The molecule has 2 aromatic rings. The molecule has 0 radical (unpaired) electrons. The maximum absolute atomic E-state index is 10.4. The van der Waals surface area contributed by atoms with Crippen molar-refractivity contribution in [1.82, 2.24) is 15.0 Å². The van der Waals surface area contributed by atoms with E-state index in [1.54, 1.807) is 18.5 Å². The number of aryl methyl sites for hydroxylation is 3. The van der Waals surface area contributed by atoms with Gasteiger partial charge in [-0.05, 0) is 56.7 Å². The maximum atomic E-state index is 10.4. The Hall–Kier alpha value is -3.01. The fourth-order valence-corrected chi connectivity index (χ4v) is 3.36. The van der Waals surface area contributed by atoms with Crippen LogP contribution < -0.4 is 5.32 Å². The van der Waals surface area contributed by atoms with Gasteiger partial charge in [-0.15, -0.1) is 0 Å². The lowest BCUT2D eigenvalue weighted by atomic mass is 10.0. The third-order valence-corrected chi connectivity index (χ3v) is 4.97. The van der Waals surface area contributed by atoms with E-state index >= 15 is 0 Å². The Bertz CT molecular complexity index is 833. The quantitative estimate of drug-likeness (QED) is 0.588. The monoisotopic (exact) mass is 409 g/mol. The Morgan fingerprint density at radius 2 is 1.87 bits per heavy atom. The SMILES string of the molecule is Cc1ncccn1.N#Cc1cc2c(nc1CCCCCCCCC(=O)O)NCCC2. The smallest absolute Gasteiger partial charge is 0.303 e. The van der Waals surface area contributed by atoms with Crippen LogP contribution in [0.4, 0.5) is 5.82 Å². The van der Waals surface area contributed by atoms with E-state index in [0.29, 0.717) is 5.56 Å². The van der Waals surface area contributed by atoms with Gasteiger partial charge in [-0.3, -0.25) is 4.79 Å². The van der Waals surface area contributed by atoms with Crippen molar-refractivity contribution in [3.05, 3.63) is 47.2 Å². The molecule has 0 atom stereocenters. The highest BCUT2D eigenvalue weighted by Gasteiger charge is 2.14. The standard InChI is InChI=1S/C18H25N3O2.C5H6N2/c19-13-15-12-14-8-7-11-20-18(14)21-16(15)9-5-3-1-2-4-6-10-17(22)23;1-5-6-3-2-4-7-5/h12H,1-11H2,(H,20,21)(H,22,23);2-4H,1H3. The van der Waals surface area contributed by atoms with Crippen molar-refractivity contribution >= 4 is 11.8 Å². The zero-order chi connectivity index (χ0) is 21.6. The predicted molar refractivity (Wildman–Crippen MR) is 116 cm³/mol. The molecule has 0 aliphatic carbocycles. The van der Waals surface area contributed by atoms with E-state index in [9.17, 15) is 10.1 Å². The molecule has 0 saturated carbocycles. The van der Waals surface area contributed by atoms with Crippen LogP contribution in [-0.2, 0) is 17.6 Å². The highest BCUT2D eigenvalue weighted by Crippen LogP contribution is 2.23. The number of carboxylic acids is 1. The molecule has 0 amide bonds. The van der Waals surface area contributed by atoms with E-state index in [1.807, 2.05) is 13.0 Å². The topological polar surface area (TPSA) is 112 Å². The van der Waals surface area contributed by atoms with Crippen LogP contribution >= 0.6 is 0 Å². The van der Waals surface area contributed by atoms with Crippen molar-refractivity contribution in [2.75, 3.05) is 11.9 Å². The van der Waals surface area contributed by atoms with Gasteiger partial charge in [0.2, 0.25) is 0 Å². The van der Waals surface area contributed by atoms with Gasteiger partial charge in [0, 0.05) is 25.4 Å². The largest absolute Gasteiger partial charge is 0.481 e. The third-order valence-electron chi connectivity index (χ3n) is 4.97. The molecule has 3 heterocycles. The van der Waals surface area contributed by atoms with Crippen molar-refractivity contribution in [1.29, 1.82) is 5.26 Å². The van der Waals surface area contributed by atoms with Gasteiger partial charge in [-0.2, -0.15) is 5.26 Å². The molecule has 30 heavy (non-hydrogen) atoms. The Morgan fingerprint density at radius 1 is 1.17 bits per heavy atom. The summed E-state index contributed by atoms with van der Waals surface area (Å²) in [5, 5.41) is 21.2. The molecule has 0 fully saturated rings. The number of nitriles is 1. The van der Waals surface area contributed by atoms with Crippen LogP contribution in [0, 0.1) is 18.3 Å². The molecule has 0 aromatic carbocycles. The minimum Gasteiger partial charge on any atom is -0.481 e. The fraction of sp³-hybridized carbons (Fsp3) is 0.522. The molecule has 0 spiro atoms. The predicted octanol–water partition coefficient (Wildman–Crippen LogP) is 4.45. The minimum atomic E-state index is -0.707. The molecule has 0 saturated heterocycles. The summed E-state index contributed by atoms with van der Waals surface area (Å²) in [6.07, 6.45) is 12.7. The lowest BCUT2D eigenvalue weighted by molar-refractivity contribution is -0.137. The van der Waals surface area contributed by atoms with Crippen LogP contribution in [0.1, 0.15) is 74.0 Å². The zero-order valence-corrected chi connectivity index (χ0v) is 17.7. The number of anilines is 1. The number of unbranched alkanes of at least 4 members (excludes halogenated alkanes) is 5. The van der Waals surface area contributed by atoms with Crippen molar-refractivity contribution in [3.8, 4) is 6.07 Å². The van der Waals surface area contributed by atoms with Crippen LogP contribution in [-0.4, -0.2) is 32.6 Å². The number of pyridine rings is 1. The zero-order valence-electron chi connectivity index (χ0n) is 17.7. The molecule has 0 bridgehead atoms. The maximum Gasteiger partial charge on any atom is 0.303 e. The van der Waals surface area contributed by atoms with Gasteiger partial charge in [0.15, 0.2) is 0 Å². The van der Waals surface area contributed by atoms with Crippen molar-refractivity contribution in [2.24, 2.45) is 0 Å². The van der Waals surface area contributed by atoms with Gasteiger partial charge in [-0.25, -0.2) is 15.0 Å². The first-order chi connectivity index (χ1) is 14.6. The Kier molecular flexibility index (Phi) is 10.3. The first-order valence-corrected chi connectivity index (χ1v) is 10.7. The van der Waals surface area contributed by atoms with Gasteiger partial charge >= 0.3 is 5.97 Å². The summed E-state index contributed by atoms with van der Waals surface area (Å²) < 4.78 is 0. The molecule has 0 unspecified atom stereocenters. The number of carboxylic acid groups (broad SMARTS) is 1. The van der Waals surface area contributed by atoms with Crippen molar-refractivity contribution < 1.29 is 9.90 Å². The Morgan fingerprint density at radius 3 is 2.50 bits per heavy atom. The molecule has 2 N–H and O–H groups in total. The second-order valence-electron chi connectivity index (χ2n) is 7.44. The number of aromatic nitrogens is 3. The summed E-state index contributed by atoms with van der Waals surface area (Å²) in [6.45, 7) is 2.82. The Balaban J connectivity index is 0.000000386. The summed E-state index contributed by atoms with van der Waals surface area (Å²) in [7, 11) is 0. The molecule has 1 aliphatic heterocycles. The van der Waals surface area contributed by atoms with E-state index in [-0.39, 0.29) is 6.42 Å². The average molecular weight is 410 g/mol. The number of hydrogen-bond donors (Lipinski definition) is 2. The molecular weight excluding hydrogens is 378 g/mol. The molecule has 3 rings (SSSR count). The summed E-state index contributed by atoms with van der Waals surface area (Å²) in [6, 6.07) is 6.07. The number of rotatable bonds is 9. The minimum absolute atomic E-state index is 0.275. The van der Waals surface area contributed by atoms with E-state index in [0.717, 1.165) is 87.2 Å².